The van der Waals surface area contributed by atoms with E-state index in [1.807, 2.05) is 0 Å². The van der Waals surface area contributed by atoms with E-state index >= 15 is 0 Å². The first-order valence-corrected chi connectivity index (χ1v) is 4.80. The molecule has 1 saturated heterocycles. The molecule has 0 aliphatic carbocycles. The van der Waals surface area contributed by atoms with Crippen LogP contribution in [0.4, 0.5) is 0 Å². The highest BCUT2D eigenvalue weighted by molar-refractivity contribution is 7.99. The minimum absolute atomic E-state index is 0.00301. The van der Waals surface area contributed by atoms with Gasteiger partial charge in [-0.2, -0.15) is 0 Å². The summed E-state index contributed by atoms with van der Waals surface area (Å²) in [6.45, 7) is -0.377. The highest BCUT2D eigenvalue weighted by Gasteiger charge is 2.22. The predicted molar refractivity (Wildman–Crippen MR) is 45.9 cm³/mol. The van der Waals surface area contributed by atoms with Crippen molar-refractivity contribution in [2.75, 3.05) is 18.2 Å². The Labute approximate surface area is 74.5 Å². The minimum atomic E-state index is -1.02. The summed E-state index contributed by atoms with van der Waals surface area (Å²) in [6, 6.07) is -0.860. The topological polar surface area (TPSA) is 81.6 Å². The summed E-state index contributed by atoms with van der Waals surface area (Å²) < 4.78 is 0. The van der Waals surface area contributed by atoms with Crippen molar-refractivity contribution in [3.8, 4) is 0 Å². The number of rotatable bonds is 4. The summed E-state index contributed by atoms with van der Waals surface area (Å²) in [6.07, 6.45) is 0.00301. The van der Waals surface area contributed by atoms with Gasteiger partial charge in [0.05, 0.1) is 12.8 Å². The molecule has 70 valence electrons. The van der Waals surface area contributed by atoms with Crippen LogP contribution in [0.15, 0.2) is 0 Å². The molecule has 1 aliphatic rings. The molecule has 0 bridgehead atoms. The van der Waals surface area contributed by atoms with Crippen LogP contribution in [0.25, 0.3) is 0 Å². The third-order valence-corrected chi connectivity index (χ3v) is 2.54. The van der Waals surface area contributed by atoms with Crippen LogP contribution in [0, 0.1) is 0 Å². The van der Waals surface area contributed by atoms with Crippen molar-refractivity contribution in [2.45, 2.75) is 12.2 Å². The van der Waals surface area contributed by atoms with Crippen molar-refractivity contribution >= 4 is 17.7 Å². The number of aliphatic carboxylic acids is 1. The molecule has 12 heavy (non-hydrogen) atoms. The summed E-state index contributed by atoms with van der Waals surface area (Å²) in [5.41, 5.74) is 0. The van der Waals surface area contributed by atoms with Crippen molar-refractivity contribution in [2.24, 2.45) is 0 Å². The number of aliphatic hydroxyl groups excluding tert-OH is 1. The maximum atomic E-state index is 10.5. The molecule has 1 heterocycles. The molecule has 2 atom stereocenters. The number of carbonyl (C=O) groups is 1. The van der Waals surface area contributed by atoms with Crippen LogP contribution in [0.5, 0.6) is 0 Å². The van der Waals surface area contributed by atoms with E-state index in [4.69, 9.17) is 10.2 Å². The van der Waals surface area contributed by atoms with Crippen LogP contribution in [-0.2, 0) is 4.79 Å². The first kappa shape index (κ1) is 9.79. The molecule has 0 amide bonds. The van der Waals surface area contributed by atoms with Gasteiger partial charge < -0.3 is 10.2 Å². The number of carboxylic acid groups (broad SMARTS) is 1. The quantitative estimate of drug-likeness (QED) is 0.440. The SMILES string of the molecule is O=C(O)C(CO)NC1CSCN1. The second-order valence-electron chi connectivity index (χ2n) is 2.51. The number of hydrogen-bond donors (Lipinski definition) is 4. The van der Waals surface area contributed by atoms with Crippen molar-refractivity contribution in [1.29, 1.82) is 0 Å². The zero-order valence-electron chi connectivity index (χ0n) is 6.49. The van der Waals surface area contributed by atoms with Gasteiger partial charge in [-0.05, 0) is 0 Å². The van der Waals surface area contributed by atoms with Gasteiger partial charge in [0, 0.05) is 11.6 Å². The van der Waals surface area contributed by atoms with E-state index in [1.54, 1.807) is 11.8 Å². The average Bonchev–Trinajstić information content (AvgIpc) is 2.51. The third kappa shape index (κ3) is 2.63. The van der Waals surface area contributed by atoms with Crippen LogP contribution >= 0.6 is 11.8 Å². The van der Waals surface area contributed by atoms with Gasteiger partial charge in [0.15, 0.2) is 0 Å². The summed E-state index contributed by atoms with van der Waals surface area (Å²) >= 11 is 1.70. The Morgan fingerprint density at radius 3 is 3.00 bits per heavy atom. The van der Waals surface area contributed by atoms with E-state index in [1.165, 1.54) is 0 Å². The van der Waals surface area contributed by atoms with E-state index in [0.717, 1.165) is 11.6 Å². The van der Waals surface area contributed by atoms with Gasteiger partial charge in [-0.25, -0.2) is 0 Å². The Hall–Kier alpha value is -0.300. The van der Waals surface area contributed by atoms with Crippen molar-refractivity contribution in [3.05, 3.63) is 0 Å². The zero-order chi connectivity index (χ0) is 8.97. The second-order valence-corrected chi connectivity index (χ2v) is 3.54. The highest BCUT2D eigenvalue weighted by atomic mass is 32.2. The van der Waals surface area contributed by atoms with E-state index in [0.29, 0.717) is 0 Å². The molecule has 0 radical (unpaired) electrons. The lowest BCUT2D eigenvalue weighted by molar-refractivity contribution is -0.140. The lowest BCUT2D eigenvalue weighted by Gasteiger charge is -2.16. The van der Waals surface area contributed by atoms with E-state index in [2.05, 4.69) is 10.6 Å². The first-order valence-electron chi connectivity index (χ1n) is 3.65. The second kappa shape index (κ2) is 4.66. The molecule has 1 rings (SSSR count). The van der Waals surface area contributed by atoms with Crippen LogP contribution in [0.3, 0.4) is 0 Å². The fraction of sp³-hybridized carbons (Fsp3) is 0.833. The standard InChI is InChI=1S/C6H12N2O3S/c9-1-4(6(10)11)8-5-2-12-3-7-5/h4-5,7-9H,1-3H2,(H,10,11). The fourth-order valence-electron chi connectivity index (χ4n) is 0.947. The van der Waals surface area contributed by atoms with Crippen molar-refractivity contribution < 1.29 is 15.0 Å². The maximum absolute atomic E-state index is 10.5. The molecule has 2 unspecified atom stereocenters. The molecular formula is C6H12N2O3S. The number of aliphatic hydroxyl groups is 1. The zero-order valence-corrected chi connectivity index (χ0v) is 7.30. The van der Waals surface area contributed by atoms with Crippen LogP contribution in [-0.4, -0.2) is 46.6 Å². The summed E-state index contributed by atoms with van der Waals surface area (Å²) in [5.74, 6) is 0.648. The van der Waals surface area contributed by atoms with Gasteiger partial charge >= 0.3 is 5.97 Å². The Balaban J connectivity index is 2.30. The van der Waals surface area contributed by atoms with Gasteiger partial charge in [-0.15, -0.1) is 11.8 Å². The lowest BCUT2D eigenvalue weighted by Crippen LogP contribution is -2.50. The predicted octanol–water partition coefficient (Wildman–Crippen LogP) is -1.36. The molecule has 0 saturated carbocycles. The van der Waals surface area contributed by atoms with Gasteiger partial charge in [0.25, 0.3) is 0 Å². The Morgan fingerprint density at radius 1 is 1.83 bits per heavy atom. The summed E-state index contributed by atoms with van der Waals surface area (Å²) in [4.78, 5) is 10.5. The van der Waals surface area contributed by atoms with Crippen molar-refractivity contribution in [1.82, 2.24) is 10.6 Å². The Bertz CT molecular complexity index is 161. The fourth-order valence-corrected chi connectivity index (χ4v) is 1.83. The molecule has 6 heteroatoms. The molecule has 1 aliphatic heterocycles. The molecule has 0 aromatic carbocycles. The molecule has 0 spiro atoms. The molecule has 0 aromatic rings. The first-order chi connectivity index (χ1) is 5.74. The minimum Gasteiger partial charge on any atom is -0.480 e. The van der Waals surface area contributed by atoms with Gasteiger partial charge in [0.2, 0.25) is 0 Å². The number of nitrogens with one attached hydrogen (secondary N) is 2. The van der Waals surface area contributed by atoms with E-state index < -0.39 is 12.0 Å². The molecular weight excluding hydrogens is 180 g/mol. The Morgan fingerprint density at radius 2 is 2.58 bits per heavy atom. The van der Waals surface area contributed by atoms with Crippen LogP contribution in [0.2, 0.25) is 0 Å². The third-order valence-electron chi connectivity index (χ3n) is 1.60. The normalized spacial score (nSPS) is 25.6. The van der Waals surface area contributed by atoms with E-state index in [-0.39, 0.29) is 12.8 Å². The smallest absolute Gasteiger partial charge is 0.323 e. The average molecular weight is 192 g/mol. The van der Waals surface area contributed by atoms with Gasteiger partial charge in [-0.1, -0.05) is 0 Å². The maximum Gasteiger partial charge on any atom is 0.323 e. The van der Waals surface area contributed by atoms with Crippen LogP contribution in [0.1, 0.15) is 0 Å². The molecule has 1 fully saturated rings. The molecule has 0 aromatic heterocycles. The molecule has 4 N–H and O–H groups in total. The van der Waals surface area contributed by atoms with E-state index in [9.17, 15) is 4.79 Å². The van der Waals surface area contributed by atoms with Gasteiger partial charge in [-0.3, -0.25) is 15.4 Å². The highest BCUT2D eigenvalue weighted by Crippen LogP contribution is 2.07. The largest absolute Gasteiger partial charge is 0.480 e. The summed E-state index contributed by atoms with van der Waals surface area (Å²) in [7, 11) is 0. The lowest BCUT2D eigenvalue weighted by atomic mass is 10.3. The monoisotopic (exact) mass is 192 g/mol. The number of carboxylic acids is 1. The number of hydrogen-bond acceptors (Lipinski definition) is 5. The van der Waals surface area contributed by atoms with Gasteiger partial charge in [0.1, 0.15) is 6.04 Å². The summed E-state index contributed by atoms with van der Waals surface area (Å²) in [5, 5.41) is 23.1. The molecule has 5 nitrogen and oxygen atoms in total. The van der Waals surface area contributed by atoms with Crippen LogP contribution < -0.4 is 10.6 Å². The number of thioether (sulfide) groups is 1. The van der Waals surface area contributed by atoms with Crippen molar-refractivity contribution in [3.63, 3.8) is 0 Å². The Kier molecular flexibility index (Phi) is 3.80.